The number of benzene rings is 2. The van der Waals surface area contributed by atoms with Gasteiger partial charge in [0.1, 0.15) is 5.75 Å². The van der Waals surface area contributed by atoms with E-state index in [1.165, 1.54) is 21.4 Å². The Bertz CT molecular complexity index is 1100. The monoisotopic (exact) mass is 403 g/mol. The van der Waals surface area contributed by atoms with E-state index in [1.807, 2.05) is 18.2 Å². The summed E-state index contributed by atoms with van der Waals surface area (Å²) in [5.41, 5.74) is 3.06. The van der Waals surface area contributed by atoms with Gasteiger partial charge in [0.25, 0.3) is 5.91 Å². The number of carbonyl (C=O) groups excluding carboxylic acids is 2. The van der Waals surface area contributed by atoms with Crippen LogP contribution >= 0.6 is 0 Å². The highest BCUT2D eigenvalue weighted by Crippen LogP contribution is 2.37. The third-order valence-electron chi connectivity index (χ3n) is 6.48. The molecule has 154 valence electrons. The van der Waals surface area contributed by atoms with Gasteiger partial charge in [-0.25, -0.2) is 4.90 Å². The van der Waals surface area contributed by atoms with Gasteiger partial charge in [0.15, 0.2) is 0 Å². The number of fused-ring (bicyclic) bond motifs is 1. The number of nitrogens with one attached hydrogen (secondary N) is 1. The zero-order valence-electron chi connectivity index (χ0n) is 17.0. The predicted octanol–water partition coefficient (Wildman–Crippen LogP) is 3.69. The molecule has 2 aliphatic rings. The number of aromatic amines is 1. The van der Waals surface area contributed by atoms with Crippen LogP contribution < -0.4 is 9.64 Å². The number of methoxy groups -OCH3 is 1. The zero-order valence-corrected chi connectivity index (χ0v) is 17.0. The molecule has 2 amide bonds. The zero-order chi connectivity index (χ0) is 20.7. The number of carbonyl (C=O) groups is 2. The van der Waals surface area contributed by atoms with Crippen molar-refractivity contribution in [3.05, 3.63) is 60.3 Å². The minimum Gasteiger partial charge on any atom is -0.495 e. The highest BCUT2D eigenvalue weighted by atomic mass is 16.5. The molecule has 2 fully saturated rings. The normalized spacial score (nSPS) is 21.0. The quantitative estimate of drug-likeness (QED) is 0.675. The number of rotatable bonds is 4. The molecule has 0 saturated carbocycles. The maximum atomic E-state index is 13.2. The lowest BCUT2D eigenvalue weighted by Crippen LogP contribution is -2.45. The molecule has 2 aromatic carbocycles. The molecule has 3 aromatic rings. The number of hydrogen-bond acceptors (Lipinski definition) is 4. The molecule has 6 heteroatoms. The van der Waals surface area contributed by atoms with Crippen LogP contribution in [0.25, 0.3) is 10.9 Å². The topological polar surface area (TPSA) is 65.6 Å². The summed E-state index contributed by atoms with van der Waals surface area (Å²) in [5, 5.41) is 1.28. The summed E-state index contributed by atoms with van der Waals surface area (Å²) in [6.45, 7) is 1.63. The molecular weight excluding hydrogens is 378 g/mol. The third-order valence-corrected chi connectivity index (χ3v) is 6.48. The van der Waals surface area contributed by atoms with Crippen molar-refractivity contribution < 1.29 is 14.3 Å². The van der Waals surface area contributed by atoms with Gasteiger partial charge in [-0.2, -0.15) is 0 Å². The van der Waals surface area contributed by atoms with Crippen LogP contribution in [0, 0.1) is 0 Å². The predicted molar refractivity (Wildman–Crippen MR) is 116 cm³/mol. The third kappa shape index (κ3) is 3.08. The summed E-state index contributed by atoms with van der Waals surface area (Å²) >= 11 is 0. The molecule has 5 rings (SSSR count). The molecule has 0 spiro atoms. The van der Waals surface area contributed by atoms with Crippen LogP contribution in [0.4, 0.5) is 5.69 Å². The Morgan fingerprint density at radius 2 is 1.73 bits per heavy atom. The van der Waals surface area contributed by atoms with E-state index in [2.05, 4.69) is 34.3 Å². The van der Waals surface area contributed by atoms with Gasteiger partial charge in [0, 0.05) is 17.1 Å². The van der Waals surface area contributed by atoms with Crippen molar-refractivity contribution in [1.82, 2.24) is 9.88 Å². The first-order chi connectivity index (χ1) is 14.7. The summed E-state index contributed by atoms with van der Waals surface area (Å²) in [7, 11) is 1.55. The second-order valence-electron chi connectivity index (χ2n) is 8.06. The number of anilines is 1. The Kier molecular flexibility index (Phi) is 4.79. The van der Waals surface area contributed by atoms with Gasteiger partial charge >= 0.3 is 0 Å². The SMILES string of the molecule is COc1ccccc1N1C(=O)CC(N2CCC(c3c[nH]c4ccccc34)CC2)C1=O. The molecular formula is C24H25N3O3. The van der Waals surface area contributed by atoms with Crippen molar-refractivity contribution in [3.63, 3.8) is 0 Å². The fourth-order valence-corrected chi connectivity index (χ4v) is 4.92. The average Bonchev–Trinajstić information content (AvgIpc) is 3.34. The molecule has 0 radical (unpaired) electrons. The number of piperidine rings is 1. The Labute approximate surface area is 175 Å². The Morgan fingerprint density at radius 1 is 1.00 bits per heavy atom. The molecule has 6 nitrogen and oxygen atoms in total. The fourth-order valence-electron chi connectivity index (χ4n) is 4.92. The van der Waals surface area contributed by atoms with Crippen molar-refractivity contribution in [1.29, 1.82) is 0 Å². The molecule has 0 bridgehead atoms. The van der Waals surface area contributed by atoms with Gasteiger partial charge in [-0.05, 0) is 55.6 Å². The Hall–Kier alpha value is -3.12. The van der Waals surface area contributed by atoms with E-state index in [0.29, 0.717) is 17.4 Å². The van der Waals surface area contributed by atoms with Crippen molar-refractivity contribution in [3.8, 4) is 5.75 Å². The number of nitrogens with zero attached hydrogens (tertiary/aromatic N) is 2. The summed E-state index contributed by atoms with van der Waals surface area (Å²) in [6, 6.07) is 15.2. The molecule has 2 aliphatic heterocycles. The van der Waals surface area contributed by atoms with Gasteiger partial charge in [0.05, 0.1) is 25.3 Å². The highest BCUT2D eigenvalue weighted by molar-refractivity contribution is 6.23. The van der Waals surface area contributed by atoms with Crippen LogP contribution in [-0.2, 0) is 9.59 Å². The van der Waals surface area contributed by atoms with Crippen molar-refractivity contribution >= 4 is 28.4 Å². The summed E-state index contributed by atoms with van der Waals surface area (Å²) in [5.74, 6) is 0.705. The van der Waals surface area contributed by atoms with E-state index in [4.69, 9.17) is 4.74 Å². The first-order valence-electron chi connectivity index (χ1n) is 10.5. The van der Waals surface area contributed by atoms with Crippen molar-refractivity contribution in [2.45, 2.75) is 31.2 Å². The lowest BCUT2D eigenvalue weighted by atomic mass is 9.88. The fraction of sp³-hybridized carbons (Fsp3) is 0.333. The van der Waals surface area contributed by atoms with Crippen LogP contribution in [0.2, 0.25) is 0 Å². The van der Waals surface area contributed by atoms with E-state index in [0.717, 1.165) is 25.9 Å². The molecule has 0 aliphatic carbocycles. The van der Waals surface area contributed by atoms with E-state index in [1.54, 1.807) is 19.2 Å². The van der Waals surface area contributed by atoms with E-state index in [-0.39, 0.29) is 24.3 Å². The number of amides is 2. The lowest BCUT2D eigenvalue weighted by molar-refractivity contribution is -0.123. The molecule has 1 unspecified atom stereocenters. The Balaban J connectivity index is 1.31. The largest absolute Gasteiger partial charge is 0.495 e. The smallest absolute Gasteiger partial charge is 0.251 e. The molecule has 1 N–H and O–H groups in total. The maximum Gasteiger partial charge on any atom is 0.251 e. The minimum absolute atomic E-state index is 0.143. The van der Waals surface area contributed by atoms with Crippen LogP contribution in [-0.4, -0.2) is 47.9 Å². The number of imide groups is 1. The number of likely N-dealkylation sites (tertiary alicyclic amines) is 1. The number of para-hydroxylation sites is 3. The Morgan fingerprint density at radius 3 is 2.53 bits per heavy atom. The van der Waals surface area contributed by atoms with Crippen molar-refractivity contribution in [2.75, 3.05) is 25.1 Å². The average molecular weight is 403 g/mol. The second kappa shape index (κ2) is 7.61. The van der Waals surface area contributed by atoms with Gasteiger partial charge in [0.2, 0.25) is 5.91 Å². The standard InChI is InChI=1S/C24H25N3O3/c1-30-22-9-5-4-8-20(22)27-23(28)14-21(24(27)29)26-12-10-16(11-13-26)18-15-25-19-7-3-2-6-17(18)19/h2-9,15-16,21,25H,10-14H2,1H3. The first kappa shape index (κ1) is 18.9. The number of hydrogen-bond donors (Lipinski definition) is 1. The van der Waals surface area contributed by atoms with E-state index < -0.39 is 0 Å². The van der Waals surface area contributed by atoms with Crippen LogP contribution in [0.1, 0.15) is 30.7 Å². The summed E-state index contributed by atoms with van der Waals surface area (Å²) < 4.78 is 5.36. The van der Waals surface area contributed by atoms with Crippen molar-refractivity contribution in [2.24, 2.45) is 0 Å². The summed E-state index contributed by atoms with van der Waals surface area (Å²) in [6.07, 6.45) is 4.32. The highest BCUT2D eigenvalue weighted by Gasteiger charge is 2.44. The van der Waals surface area contributed by atoms with E-state index >= 15 is 0 Å². The van der Waals surface area contributed by atoms with E-state index in [9.17, 15) is 9.59 Å². The lowest BCUT2D eigenvalue weighted by Gasteiger charge is -2.34. The number of H-pyrrole nitrogens is 1. The van der Waals surface area contributed by atoms with Crippen LogP contribution in [0.15, 0.2) is 54.7 Å². The minimum atomic E-state index is -0.383. The molecule has 1 atom stereocenters. The van der Waals surface area contributed by atoms with Gasteiger partial charge in [-0.3, -0.25) is 14.5 Å². The molecule has 1 aromatic heterocycles. The number of aromatic nitrogens is 1. The first-order valence-corrected chi connectivity index (χ1v) is 10.5. The maximum absolute atomic E-state index is 13.2. The summed E-state index contributed by atoms with van der Waals surface area (Å²) in [4.78, 5) is 32.7. The van der Waals surface area contributed by atoms with Gasteiger partial charge in [-0.1, -0.05) is 30.3 Å². The second-order valence-corrected chi connectivity index (χ2v) is 8.06. The molecule has 30 heavy (non-hydrogen) atoms. The molecule has 2 saturated heterocycles. The van der Waals surface area contributed by atoms with Gasteiger partial charge in [-0.15, -0.1) is 0 Å². The van der Waals surface area contributed by atoms with Crippen LogP contribution in [0.3, 0.4) is 0 Å². The van der Waals surface area contributed by atoms with Crippen LogP contribution in [0.5, 0.6) is 5.75 Å². The number of ether oxygens (including phenoxy) is 1. The molecule has 3 heterocycles. The van der Waals surface area contributed by atoms with Gasteiger partial charge < -0.3 is 9.72 Å².